The summed E-state index contributed by atoms with van der Waals surface area (Å²) in [5.41, 5.74) is 1.18. The Kier molecular flexibility index (Phi) is 3.69. The number of aryl methyl sites for hydroxylation is 1. The van der Waals surface area contributed by atoms with Crippen LogP contribution in [-0.4, -0.2) is 11.1 Å². The van der Waals surface area contributed by atoms with E-state index in [9.17, 15) is 9.18 Å². The molecule has 0 saturated heterocycles. The van der Waals surface area contributed by atoms with Crippen molar-refractivity contribution in [1.29, 1.82) is 0 Å². The van der Waals surface area contributed by atoms with E-state index in [0.717, 1.165) is 5.56 Å². The van der Waals surface area contributed by atoms with Gasteiger partial charge in [0.05, 0.1) is 10.9 Å². The number of carboxylic acid groups (broad SMARTS) is 1. The average molecular weight is 231 g/mol. The molecule has 1 N–H and O–H groups in total. The van der Waals surface area contributed by atoms with Gasteiger partial charge >= 0.3 is 5.97 Å². The highest BCUT2D eigenvalue weighted by molar-refractivity contribution is 6.30. The molecule has 1 atom stereocenters. The van der Waals surface area contributed by atoms with Crippen LogP contribution in [0.3, 0.4) is 0 Å². The van der Waals surface area contributed by atoms with E-state index in [1.54, 1.807) is 13.0 Å². The summed E-state index contributed by atoms with van der Waals surface area (Å²) < 4.78 is 13.5. The topological polar surface area (TPSA) is 37.3 Å². The number of benzene rings is 1. The van der Waals surface area contributed by atoms with E-state index >= 15 is 0 Å². The van der Waals surface area contributed by atoms with Gasteiger partial charge in [-0.1, -0.05) is 24.6 Å². The fourth-order valence-electron chi connectivity index (χ4n) is 1.36. The molecule has 0 fully saturated rings. The first-order valence-electron chi connectivity index (χ1n) is 4.59. The van der Waals surface area contributed by atoms with E-state index in [0.29, 0.717) is 5.56 Å². The fraction of sp³-hybridized carbons (Fsp3) is 0.364. The third-order valence-corrected chi connectivity index (χ3v) is 2.47. The Balaban J connectivity index is 2.99. The van der Waals surface area contributed by atoms with E-state index in [-0.39, 0.29) is 11.4 Å². The Bertz CT molecular complexity index is 390. The molecule has 0 heterocycles. The van der Waals surface area contributed by atoms with Crippen LogP contribution in [-0.2, 0) is 11.2 Å². The van der Waals surface area contributed by atoms with Crippen LogP contribution in [0.2, 0.25) is 5.02 Å². The summed E-state index contributed by atoms with van der Waals surface area (Å²) in [4.78, 5) is 10.6. The number of halogens is 2. The van der Waals surface area contributed by atoms with Crippen molar-refractivity contribution >= 4 is 17.6 Å². The van der Waals surface area contributed by atoms with Gasteiger partial charge in [-0.15, -0.1) is 0 Å². The molecule has 0 radical (unpaired) electrons. The molecule has 82 valence electrons. The third kappa shape index (κ3) is 2.93. The van der Waals surface area contributed by atoms with E-state index < -0.39 is 17.7 Å². The normalized spacial score (nSPS) is 12.5. The Hall–Kier alpha value is -1.09. The monoisotopic (exact) mass is 230 g/mol. The summed E-state index contributed by atoms with van der Waals surface area (Å²) in [6, 6.07) is 3.15. The van der Waals surface area contributed by atoms with Gasteiger partial charge in [-0.3, -0.25) is 4.79 Å². The molecular formula is C11H12ClFO2. The first kappa shape index (κ1) is 12.0. The number of carboxylic acids is 1. The molecule has 0 spiro atoms. The van der Waals surface area contributed by atoms with Gasteiger partial charge in [0.1, 0.15) is 5.82 Å². The first-order chi connectivity index (χ1) is 6.91. The van der Waals surface area contributed by atoms with Gasteiger partial charge in [0, 0.05) is 0 Å². The smallest absolute Gasteiger partial charge is 0.306 e. The van der Waals surface area contributed by atoms with Gasteiger partial charge in [0.2, 0.25) is 0 Å². The Morgan fingerprint density at radius 3 is 2.73 bits per heavy atom. The predicted molar refractivity (Wildman–Crippen MR) is 56.7 cm³/mol. The van der Waals surface area contributed by atoms with Crippen LogP contribution in [0.5, 0.6) is 0 Å². The van der Waals surface area contributed by atoms with Crippen molar-refractivity contribution in [2.45, 2.75) is 20.3 Å². The molecule has 0 saturated carbocycles. The van der Waals surface area contributed by atoms with Crippen molar-refractivity contribution in [3.05, 3.63) is 34.1 Å². The summed E-state index contributed by atoms with van der Waals surface area (Å²) in [6.45, 7) is 3.33. The summed E-state index contributed by atoms with van der Waals surface area (Å²) >= 11 is 5.66. The van der Waals surface area contributed by atoms with Gasteiger partial charge in [0.25, 0.3) is 0 Å². The maximum absolute atomic E-state index is 13.5. The molecule has 2 nitrogen and oxygen atoms in total. The highest BCUT2D eigenvalue weighted by Crippen LogP contribution is 2.22. The molecule has 1 unspecified atom stereocenters. The molecule has 4 heteroatoms. The average Bonchev–Trinajstić information content (AvgIpc) is 2.13. The van der Waals surface area contributed by atoms with Crippen molar-refractivity contribution in [1.82, 2.24) is 0 Å². The van der Waals surface area contributed by atoms with Crippen LogP contribution < -0.4 is 0 Å². The van der Waals surface area contributed by atoms with E-state index in [1.165, 1.54) is 13.0 Å². The molecule has 0 aliphatic heterocycles. The van der Waals surface area contributed by atoms with Crippen molar-refractivity contribution in [2.75, 3.05) is 0 Å². The zero-order valence-corrected chi connectivity index (χ0v) is 9.31. The van der Waals surface area contributed by atoms with Crippen LogP contribution in [0, 0.1) is 18.7 Å². The Morgan fingerprint density at radius 1 is 1.60 bits per heavy atom. The van der Waals surface area contributed by atoms with Crippen molar-refractivity contribution in [3.8, 4) is 0 Å². The summed E-state index contributed by atoms with van der Waals surface area (Å²) in [5, 5.41) is 8.76. The standard InChI is InChI=1S/C11H12ClFO2/c1-6-3-8(5-7(2)11(14)15)10(13)9(12)4-6/h3-4,7H,5H2,1-2H3,(H,14,15). The lowest BCUT2D eigenvalue weighted by Gasteiger charge is -2.09. The SMILES string of the molecule is Cc1cc(Cl)c(F)c(CC(C)C(=O)O)c1. The maximum atomic E-state index is 13.5. The molecule has 0 bridgehead atoms. The predicted octanol–water partition coefficient (Wildman–Crippen LogP) is 3.05. The van der Waals surface area contributed by atoms with Gasteiger partial charge in [0.15, 0.2) is 0 Å². The third-order valence-electron chi connectivity index (χ3n) is 2.20. The number of carbonyl (C=O) groups is 1. The molecule has 1 aromatic carbocycles. The quantitative estimate of drug-likeness (QED) is 0.867. The maximum Gasteiger partial charge on any atom is 0.306 e. The molecule has 15 heavy (non-hydrogen) atoms. The summed E-state index contributed by atoms with van der Waals surface area (Å²) in [6.07, 6.45) is 0.155. The molecule has 0 aliphatic carbocycles. The summed E-state index contributed by atoms with van der Waals surface area (Å²) in [7, 11) is 0. The van der Waals surface area contributed by atoms with Gasteiger partial charge in [-0.2, -0.15) is 0 Å². The lowest BCUT2D eigenvalue weighted by Crippen LogP contribution is -2.13. The number of rotatable bonds is 3. The number of hydrogen-bond acceptors (Lipinski definition) is 1. The zero-order valence-electron chi connectivity index (χ0n) is 8.55. The van der Waals surface area contributed by atoms with Crippen LogP contribution in [0.25, 0.3) is 0 Å². The second-order valence-electron chi connectivity index (χ2n) is 3.66. The molecule has 0 amide bonds. The van der Waals surface area contributed by atoms with Crippen molar-refractivity contribution < 1.29 is 14.3 Å². The van der Waals surface area contributed by atoms with Gasteiger partial charge in [-0.05, 0) is 30.5 Å². The molecule has 0 aliphatic rings. The number of aliphatic carboxylic acids is 1. The largest absolute Gasteiger partial charge is 0.481 e. The van der Waals surface area contributed by atoms with Crippen LogP contribution >= 0.6 is 11.6 Å². The highest BCUT2D eigenvalue weighted by Gasteiger charge is 2.16. The molecular weight excluding hydrogens is 219 g/mol. The zero-order chi connectivity index (χ0) is 11.6. The van der Waals surface area contributed by atoms with Gasteiger partial charge < -0.3 is 5.11 Å². The Morgan fingerprint density at radius 2 is 2.20 bits per heavy atom. The van der Waals surface area contributed by atoms with Gasteiger partial charge in [-0.25, -0.2) is 4.39 Å². The second kappa shape index (κ2) is 4.62. The van der Waals surface area contributed by atoms with Crippen LogP contribution in [0.4, 0.5) is 4.39 Å². The highest BCUT2D eigenvalue weighted by atomic mass is 35.5. The van der Waals surface area contributed by atoms with E-state index in [4.69, 9.17) is 16.7 Å². The minimum atomic E-state index is -0.938. The van der Waals surface area contributed by atoms with E-state index in [2.05, 4.69) is 0 Å². The molecule has 0 aromatic heterocycles. The minimum Gasteiger partial charge on any atom is -0.481 e. The molecule has 1 rings (SSSR count). The van der Waals surface area contributed by atoms with Crippen molar-refractivity contribution in [3.63, 3.8) is 0 Å². The first-order valence-corrected chi connectivity index (χ1v) is 4.97. The van der Waals surface area contributed by atoms with Crippen LogP contribution in [0.15, 0.2) is 12.1 Å². The van der Waals surface area contributed by atoms with Crippen molar-refractivity contribution in [2.24, 2.45) is 5.92 Å². The second-order valence-corrected chi connectivity index (χ2v) is 4.07. The van der Waals surface area contributed by atoms with E-state index in [1.807, 2.05) is 0 Å². The Labute approximate surface area is 92.7 Å². The lowest BCUT2D eigenvalue weighted by atomic mass is 9.99. The fourth-order valence-corrected chi connectivity index (χ4v) is 1.66. The summed E-state index contributed by atoms with van der Waals surface area (Å²) in [5.74, 6) is -2.07. The van der Waals surface area contributed by atoms with Crippen LogP contribution in [0.1, 0.15) is 18.1 Å². The molecule has 1 aromatic rings. The lowest BCUT2D eigenvalue weighted by molar-refractivity contribution is -0.141. The number of hydrogen-bond donors (Lipinski definition) is 1. The minimum absolute atomic E-state index is 0.0441.